The maximum Gasteiger partial charge on any atom is 0.136 e. The molecule has 0 saturated heterocycles. The van der Waals surface area contributed by atoms with Gasteiger partial charge in [0.25, 0.3) is 0 Å². The summed E-state index contributed by atoms with van der Waals surface area (Å²) in [6, 6.07) is 60.9. The summed E-state index contributed by atoms with van der Waals surface area (Å²) < 4.78 is 12.7. The van der Waals surface area contributed by atoms with Crippen LogP contribution in [0.25, 0.3) is 110 Å². The number of rotatable bonds is 3. The molecule has 0 spiro atoms. The first-order valence-electron chi connectivity index (χ1n) is 17.1. The van der Waals surface area contributed by atoms with Crippen molar-refractivity contribution >= 4 is 76.2 Å². The molecule has 0 N–H and O–H groups in total. The highest BCUT2D eigenvalue weighted by Crippen LogP contribution is 2.46. The van der Waals surface area contributed by atoms with Gasteiger partial charge >= 0.3 is 0 Å². The second-order valence-corrected chi connectivity index (χ2v) is 13.2. The molecule has 0 saturated carbocycles. The molecule has 0 aliphatic carbocycles. The van der Waals surface area contributed by atoms with E-state index in [0.29, 0.717) is 0 Å². The highest BCUT2D eigenvalue weighted by Gasteiger charge is 2.19. The van der Waals surface area contributed by atoms with Gasteiger partial charge in [0.1, 0.15) is 22.3 Å². The molecule has 0 bridgehead atoms. The topological polar surface area (TPSA) is 26.3 Å². The zero-order chi connectivity index (χ0) is 32.8. The fourth-order valence-electron chi connectivity index (χ4n) is 8.30. The van der Waals surface area contributed by atoms with Crippen LogP contribution in [0.1, 0.15) is 0 Å². The van der Waals surface area contributed by atoms with Gasteiger partial charge < -0.3 is 8.83 Å². The lowest BCUT2D eigenvalue weighted by molar-refractivity contribution is 0.668. The molecule has 2 heterocycles. The molecule has 50 heavy (non-hydrogen) atoms. The van der Waals surface area contributed by atoms with Crippen LogP contribution in [0.2, 0.25) is 0 Å². The third-order valence-corrected chi connectivity index (χ3v) is 10.4. The Labute approximate surface area is 287 Å². The van der Waals surface area contributed by atoms with Gasteiger partial charge in [-0.1, -0.05) is 133 Å². The third-order valence-electron chi connectivity index (χ3n) is 10.4. The lowest BCUT2D eigenvalue weighted by Crippen LogP contribution is -1.91. The van der Waals surface area contributed by atoms with Crippen molar-refractivity contribution in [3.8, 4) is 33.4 Å². The van der Waals surface area contributed by atoms with Gasteiger partial charge in [-0.15, -0.1) is 0 Å². The van der Waals surface area contributed by atoms with Crippen molar-refractivity contribution in [2.24, 2.45) is 0 Å². The van der Waals surface area contributed by atoms with Crippen molar-refractivity contribution in [1.82, 2.24) is 0 Å². The number of furan rings is 2. The predicted molar refractivity (Wildman–Crippen MR) is 210 cm³/mol. The minimum Gasteiger partial charge on any atom is -0.456 e. The first-order valence-corrected chi connectivity index (χ1v) is 17.1. The summed E-state index contributed by atoms with van der Waals surface area (Å²) in [5.41, 5.74) is 10.8. The molecule has 11 aromatic rings. The monoisotopic (exact) mass is 636 g/mol. The van der Waals surface area contributed by atoms with Crippen LogP contribution in [0.5, 0.6) is 0 Å². The minimum atomic E-state index is 0.905. The first kappa shape index (κ1) is 27.3. The first-order chi connectivity index (χ1) is 24.8. The molecule has 11 rings (SSSR count). The van der Waals surface area contributed by atoms with Gasteiger partial charge in [-0.2, -0.15) is 0 Å². The van der Waals surface area contributed by atoms with Crippen molar-refractivity contribution in [1.29, 1.82) is 0 Å². The molecule has 232 valence electrons. The quantitative estimate of drug-likeness (QED) is 0.180. The zero-order valence-corrected chi connectivity index (χ0v) is 27.0. The molecule has 0 atom stereocenters. The van der Waals surface area contributed by atoms with E-state index in [9.17, 15) is 0 Å². The van der Waals surface area contributed by atoms with Crippen molar-refractivity contribution in [2.45, 2.75) is 0 Å². The maximum absolute atomic E-state index is 6.45. The van der Waals surface area contributed by atoms with E-state index >= 15 is 0 Å². The lowest BCUT2D eigenvalue weighted by atomic mass is 9.85. The third kappa shape index (κ3) is 3.90. The Morgan fingerprint density at radius 1 is 0.280 bits per heavy atom. The zero-order valence-electron chi connectivity index (χ0n) is 27.0. The highest BCUT2D eigenvalue weighted by molar-refractivity contribution is 6.24. The molecular weight excluding hydrogens is 609 g/mol. The Morgan fingerprint density at radius 2 is 0.800 bits per heavy atom. The van der Waals surface area contributed by atoms with Crippen LogP contribution in [0.3, 0.4) is 0 Å². The van der Waals surface area contributed by atoms with Gasteiger partial charge in [0.15, 0.2) is 0 Å². The van der Waals surface area contributed by atoms with E-state index in [1.54, 1.807) is 0 Å². The van der Waals surface area contributed by atoms with E-state index in [0.717, 1.165) is 38.5 Å². The Hall–Kier alpha value is -6.64. The fraction of sp³-hybridized carbons (Fsp3) is 0. The summed E-state index contributed by atoms with van der Waals surface area (Å²) in [5, 5.41) is 11.9. The molecule has 2 nitrogen and oxygen atoms in total. The van der Waals surface area contributed by atoms with Crippen LogP contribution in [0.15, 0.2) is 179 Å². The average molecular weight is 637 g/mol. The predicted octanol–water partition coefficient (Wildman–Crippen LogP) is 13.9. The van der Waals surface area contributed by atoms with E-state index in [2.05, 4.69) is 158 Å². The molecule has 0 aliphatic rings. The van der Waals surface area contributed by atoms with Crippen molar-refractivity contribution in [2.75, 3.05) is 0 Å². The lowest BCUT2D eigenvalue weighted by Gasteiger charge is -2.18. The van der Waals surface area contributed by atoms with Gasteiger partial charge in [0, 0.05) is 21.5 Å². The second-order valence-electron chi connectivity index (χ2n) is 13.2. The molecule has 9 aromatic carbocycles. The van der Waals surface area contributed by atoms with E-state index in [-0.39, 0.29) is 0 Å². The molecule has 0 unspecified atom stereocenters. The van der Waals surface area contributed by atoms with Gasteiger partial charge in [-0.05, 0) is 102 Å². The fourth-order valence-corrected chi connectivity index (χ4v) is 8.30. The van der Waals surface area contributed by atoms with E-state index in [1.807, 2.05) is 12.1 Å². The van der Waals surface area contributed by atoms with E-state index in [1.165, 1.54) is 71.1 Å². The van der Waals surface area contributed by atoms with Crippen molar-refractivity contribution < 1.29 is 8.83 Å². The molecular formula is C48H28O2. The Balaban J connectivity index is 1.17. The molecule has 0 radical (unpaired) electrons. The standard InChI is InChI=1S/C48H28O2/c1-2-14-33-29(11-1)23-26-44-47(33)48-34(20-10-22-43(48)50-44)30-12-9-13-31(27-30)45-36-16-3-5-18-38(36)46(39-19-6-4-17-37(39)45)32-24-25-42-40(28-32)35-15-7-8-21-41(35)49-42/h1-28H. The van der Waals surface area contributed by atoms with Gasteiger partial charge in [0.05, 0.1) is 0 Å². The summed E-state index contributed by atoms with van der Waals surface area (Å²) in [7, 11) is 0. The summed E-state index contributed by atoms with van der Waals surface area (Å²) in [5.74, 6) is 0. The molecule has 2 aromatic heterocycles. The smallest absolute Gasteiger partial charge is 0.136 e. The van der Waals surface area contributed by atoms with Crippen LogP contribution in [-0.4, -0.2) is 0 Å². The van der Waals surface area contributed by atoms with Crippen LogP contribution in [0.4, 0.5) is 0 Å². The van der Waals surface area contributed by atoms with E-state index in [4.69, 9.17) is 8.83 Å². The van der Waals surface area contributed by atoms with Gasteiger partial charge in [0.2, 0.25) is 0 Å². The van der Waals surface area contributed by atoms with Crippen molar-refractivity contribution in [3.05, 3.63) is 170 Å². The van der Waals surface area contributed by atoms with Crippen LogP contribution >= 0.6 is 0 Å². The number of hydrogen-bond acceptors (Lipinski definition) is 2. The number of fused-ring (bicyclic) bond motifs is 10. The Bertz CT molecular complexity index is 3100. The number of benzene rings is 9. The van der Waals surface area contributed by atoms with Gasteiger partial charge in [-0.3, -0.25) is 0 Å². The Morgan fingerprint density at radius 3 is 1.56 bits per heavy atom. The van der Waals surface area contributed by atoms with Crippen LogP contribution in [-0.2, 0) is 0 Å². The SMILES string of the molecule is c1cc(-c2c3ccccc3c(-c3ccc4oc5ccccc5c4c3)c3ccccc23)cc(-c2cccc3oc4ccc5ccccc5c4c23)c1. The highest BCUT2D eigenvalue weighted by atomic mass is 16.3. The maximum atomic E-state index is 6.45. The number of para-hydroxylation sites is 1. The average Bonchev–Trinajstić information content (AvgIpc) is 3.75. The molecule has 0 fully saturated rings. The number of hydrogen-bond donors (Lipinski definition) is 0. The second kappa shape index (κ2) is 10.4. The molecule has 2 heteroatoms. The largest absolute Gasteiger partial charge is 0.456 e. The summed E-state index contributed by atoms with van der Waals surface area (Å²) >= 11 is 0. The summed E-state index contributed by atoms with van der Waals surface area (Å²) in [6.45, 7) is 0. The molecule has 0 amide bonds. The van der Waals surface area contributed by atoms with Gasteiger partial charge in [-0.25, -0.2) is 0 Å². The summed E-state index contributed by atoms with van der Waals surface area (Å²) in [4.78, 5) is 0. The van der Waals surface area contributed by atoms with E-state index < -0.39 is 0 Å². The minimum absolute atomic E-state index is 0.905. The normalized spacial score (nSPS) is 12.0. The summed E-state index contributed by atoms with van der Waals surface area (Å²) in [6.07, 6.45) is 0. The van der Waals surface area contributed by atoms with Crippen LogP contribution in [0, 0.1) is 0 Å². The molecule has 0 aliphatic heterocycles. The van der Waals surface area contributed by atoms with Crippen LogP contribution < -0.4 is 0 Å². The Kier molecular flexibility index (Phi) is 5.70. The van der Waals surface area contributed by atoms with Crippen molar-refractivity contribution in [3.63, 3.8) is 0 Å².